The molecule has 0 spiro atoms. The molecule has 3 aromatic carbocycles. The Balaban J connectivity index is 1.29. The summed E-state index contributed by atoms with van der Waals surface area (Å²) >= 11 is 0. The van der Waals surface area contributed by atoms with Crippen LogP contribution in [0.2, 0.25) is 0 Å². The minimum Gasteiger partial charge on any atom is -0.458 e. The SMILES string of the molecule is CC[C@@]1(O)C(=O)OCc2c1cc1n(c2=O)Cc2c-1nc1cc(F)c(C)c3c1c2C(C)(OC(N)=O)C(CC1c2ccccc2-c2ccccc21)C3. The van der Waals surface area contributed by atoms with E-state index in [-0.39, 0.29) is 42.5 Å². The summed E-state index contributed by atoms with van der Waals surface area (Å²) in [7, 11) is 0. The van der Waals surface area contributed by atoms with Gasteiger partial charge in [-0.25, -0.2) is 19.0 Å². The van der Waals surface area contributed by atoms with Gasteiger partial charge in [0.05, 0.1) is 29.0 Å². The van der Waals surface area contributed by atoms with Crippen LogP contribution in [0.25, 0.3) is 33.4 Å². The molecule has 2 aliphatic heterocycles. The van der Waals surface area contributed by atoms with Crippen molar-refractivity contribution in [1.82, 2.24) is 9.55 Å². The molecule has 4 aliphatic rings. The van der Waals surface area contributed by atoms with Crippen LogP contribution in [0, 0.1) is 18.7 Å². The average molecular weight is 672 g/mol. The van der Waals surface area contributed by atoms with E-state index in [0.29, 0.717) is 51.8 Å². The number of amides is 1. The summed E-state index contributed by atoms with van der Waals surface area (Å²) in [5, 5.41) is 12.1. The van der Waals surface area contributed by atoms with Gasteiger partial charge in [-0.05, 0) is 72.6 Å². The number of esters is 1. The summed E-state index contributed by atoms with van der Waals surface area (Å²) in [6.07, 6.45) is 0.0223. The first-order chi connectivity index (χ1) is 24.0. The second-order valence-corrected chi connectivity index (χ2v) is 14.2. The van der Waals surface area contributed by atoms with E-state index in [2.05, 4.69) is 24.3 Å². The summed E-state index contributed by atoms with van der Waals surface area (Å²) in [6, 6.07) is 19.6. The zero-order valence-electron chi connectivity index (χ0n) is 27.8. The van der Waals surface area contributed by atoms with Crippen molar-refractivity contribution in [1.29, 1.82) is 0 Å². The Morgan fingerprint density at radius 1 is 1.08 bits per heavy atom. The van der Waals surface area contributed by atoms with Crippen molar-refractivity contribution in [3.63, 3.8) is 0 Å². The molecule has 0 saturated heterocycles. The number of ether oxygens (including phenoxy) is 2. The molecule has 5 aromatic rings. The van der Waals surface area contributed by atoms with Crippen LogP contribution in [0.1, 0.15) is 77.1 Å². The van der Waals surface area contributed by atoms with Crippen molar-refractivity contribution in [2.75, 3.05) is 0 Å². The summed E-state index contributed by atoms with van der Waals surface area (Å²) in [4.78, 5) is 44.7. The van der Waals surface area contributed by atoms with E-state index in [0.717, 1.165) is 16.7 Å². The number of aliphatic hydroxyl groups is 1. The lowest BCUT2D eigenvalue weighted by Gasteiger charge is -2.44. The van der Waals surface area contributed by atoms with E-state index in [1.165, 1.54) is 17.2 Å². The number of rotatable bonds is 4. The number of hydrogen-bond donors (Lipinski definition) is 2. The van der Waals surface area contributed by atoms with Gasteiger partial charge < -0.3 is 24.9 Å². The Hall–Kier alpha value is -5.35. The van der Waals surface area contributed by atoms with Crippen LogP contribution in [0.5, 0.6) is 0 Å². The summed E-state index contributed by atoms with van der Waals surface area (Å²) < 4.78 is 28.9. The fraction of sp³-hybridized carbons (Fsp3) is 0.300. The van der Waals surface area contributed by atoms with Gasteiger partial charge in [-0.2, -0.15) is 0 Å². The molecule has 3 N–H and O–H groups in total. The van der Waals surface area contributed by atoms with Gasteiger partial charge in [-0.3, -0.25) is 4.79 Å². The van der Waals surface area contributed by atoms with E-state index in [9.17, 15) is 19.5 Å². The van der Waals surface area contributed by atoms with Crippen LogP contribution in [0.4, 0.5) is 9.18 Å². The molecule has 252 valence electrons. The molecule has 0 bridgehead atoms. The van der Waals surface area contributed by atoms with Crippen molar-refractivity contribution >= 4 is 23.0 Å². The Kier molecular flexibility index (Phi) is 6.34. The monoisotopic (exact) mass is 671 g/mol. The number of halogens is 1. The number of primary amides is 1. The van der Waals surface area contributed by atoms with Gasteiger partial charge >= 0.3 is 12.1 Å². The quantitative estimate of drug-likeness (QED) is 0.213. The number of hydrogen-bond acceptors (Lipinski definition) is 7. The van der Waals surface area contributed by atoms with Crippen molar-refractivity contribution in [3.05, 3.63) is 121 Å². The van der Waals surface area contributed by atoms with Gasteiger partial charge in [0, 0.05) is 40.0 Å². The van der Waals surface area contributed by atoms with Crippen LogP contribution in [0.3, 0.4) is 0 Å². The highest BCUT2D eigenvalue weighted by molar-refractivity contribution is 5.94. The minimum atomic E-state index is -2.00. The smallest absolute Gasteiger partial charge is 0.405 e. The molecule has 4 heterocycles. The molecule has 1 amide bonds. The Morgan fingerprint density at radius 3 is 2.42 bits per heavy atom. The Morgan fingerprint density at radius 2 is 1.76 bits per heavy atom. The first kappa shape index (κ1) is 30.7. The first-order valence-electron chi connectivity index (χ1n) is 16.9. The van der Waals surface area contributed by atoms with Gasteiger partial charge in [0.1, 0.15) is 18.0 Å². The Labute approximate surface area is 286 Å². The second kappa shape index (κ2) is 10.3. The number of carbonyl (C=O) groups excluding carboxylic acids is 2. The lowest BCUT2D eigenvalue weighted by molar-refractivity contribution is -0.172. The molecule has 9 nitrogen and oxygen atoms in total. The molecular weight excluding hydrogens is 637 g/mol. The maximum Gasteiger partial charge on any atom is 0.405 e. The van der Waals surface area contributed by atoms with E-state index in [1.807, 2.05) is 31.2 Å². The topological polar surface area (TPSA) is 134 Å². The lowest BCUT2D eigenvalue weighted by Crippen LogP contribution is -2.44. The number of pyridine rings is 2. The molecule has 2 aliphatic carbocycles. The number of nitrogens with two attached hydrogens (primary N) is 1. The van der Waals surface area contributed by atoms with Gasteiger partial charge in [0.15, 0.2) is 5.60 Å². The molecule has 50 heavy (non-hydrogen) atoms. The van der Waals surface area contributed by atoms with Gasteiger partial charge in [-0.15, -0.1) is 0 Å². The predicted molar refractivity (Wildman–Crippen MR) is 183 cm³/mol. The summed E-state index contributed by atoms with van der Waals surface area (Å²) in [5.41, 5.74) is 10.9. The van der Waals surface area contributed by atoms with Crippen molar-refractivity contribution in [2.45, 2.75) is 70.3 Å². The maximum absolute atomic E-state index is 15.8. The second-order valence-electron chi connectivity index (χ2n) is 14.2. The van der Waals surface area contributed by atoms with Crippen LogP contribution < -0.4 is 11.3 Å². The molecule has 9 rings (SSSR count). The van der Waals surface area contributed by atoms with Crippen molar-refractivity contribution in [3.8, 4) is 22.5 Å². The number of nitrogens with zero attached hydrogens (tertiary/aromatic N) is 2. The largest absolute Gasteiger partial charge is 0.458 e. The van der Waals surface area contributed by atoms with E-state index in [1.54, 1.807) is 24.5 Å². The van der Waals surface area contributed by atoms with Gasteiger partial charge in [0.25, 0.3) is 5.56 Å². The summed E-state index contributed by atoms with van der Waals surface area (Å²) in [5.74, 6) is -1.62. The third-order valence-electron chi connectivity index (χ3n) is 11.8. The normalized spacial score (nSPS) is 22.7. The molecule has 2 aromatic heterocycles. The minimum absolute atomic E-state index is 0.00153. The molecule has 10 heteroatoms. The van der Waals surface area contributed by atoms with E-state index < -0.39 is 34.6 Å². The van der Waals surface area contributed by atoms with Crippen LogP contribution >= 0.6 is 0 Å². The average Bonchev–Trinajstić information content (AvgIpc) is 3.62. The Bertz CT molecular complexity index is 2390. The number of fused-ring (bicyclic) bond motifs is 8. The first-order valence-corrected chi connectivity index (χ1v) is 16.9. The number of benzene rings is 3. The van der Waals surface area contributed by atoms with E-state index in [4.69, 9.17) is 20.2 Å². The fourth-order valence-electron chi connectivity index (χ4n) is 9.29. The third kappa shape index (κ3) is 3.90. The molecule has 2 unspecified atom stereocenters. The molecule has 0 fully saturated rings. The number of cyclic esters (lactones) is 1. The standard InChI is InChI=1S/C40H34FN3O6/c1-4-40(48)29-15-32-35-27(17-44(32)36(45)28(29)18-49-37(40)46)34-33-25(19(2)30(41)16-31(33)43-35)13-20(39(34,3)50-38(42)47)14-26-23-11-7-5-9-21(23)22-10-6-8-12-24(22)26/h5-12,15-16,20,26,48H,4,13-14,17-18H2,1-3H3,(H2,42,47)/t20?,39?,40-/m0/s1. The maximum atomic E-state index is 15.8. The van der Waals surface area contributed by atoms with Gasteiger partial charge in [-0.1, -0.05) is 55.5 Å². The highest BCUT2D eigenvalue weighted by Crippen LogP contribution is 2.56. The predicted octanol–water partition coefficient (Wildman–Crippen LogP) is 6.21. The fourth-order valence-corrected chi connectivity index (χ4v) is 9.29. The lowest BCUT2D eigenvalue weighted by atomic mass is 9.66. The van der Waals surface area contributed by atoms with Crippen molar-refractivity contribution < 1.29 is 28.6 Å². The van der Waals surface area contributed by atoms with Crippen LogP contribution in [-0.4, -0.2) is 26.7 Å². The highest BCUT2D eigenvalue weighted by atomic mass is 19.1. The van der Waals surface area contributed by atoms with E-state index >= 15 is 4.39 Å². The molecule has 0 saturated carbocycles. The van der Waals surface area contributed by atoms with Crippen LogP contribution in [0.15, 0.2) is 65.5 Å². The molecular formula is C40H34FN3O6. The zero-order valence-corrected chi connectivity index (χ0v) is 27.8. The highest BCUT2D eigenvalue weighted by Gasteiger charge is 2.51. The third-order valence-corrected chi connectivity index (χ3v) is 11.8. The van der Waals surface area contributed by atoms with Gasteiger partial charge in [0.2, 0.25) is 0 Å². The van der Waals surface area contributed by atoms with Crippen molar-refractivity contribution in [2.24, 2.45) is 11.7 Å². The number of aromatic nitrogens is 2. The van der Waals surface area contributed by atoms with Crippen LogP contribution in [-0.2, 0) is 45.0 Å². The molecule has 0 radical (unpaired) electrons. The summed E-state index contributed by atoms with van der Waals surface area (Å²) in [6.45, 7) is 5.09. The zero-order chi connectivity index (χ0) is 34.9. The number of carbonyl (C=O) groups is 2. The molecule has 3 atom stereocenters.